The molecule has 2 fully saturated rings. The van der Waals surface area contributed by atoms with Gasteiger partial charge in [0.15, 0.2) is 0 Å². The van der Waals surface area contributed by atoms with E-state index < -0.39 is 0 Å². The van der Waals surface area contributed by atoms with Crippen LogP contribution in [0.3, 0.4) is 0 Å². The molecule has 0 N–H and O–H groups in total. The van der Waals surface area contributed by atoms with Crippen molar-refractivity contribution in [3.63, 3.8) is 0 Å². The fourth-order valence-corrected chi connectivity index (χ4v) is 3.04. The molecule has 0 saturated heterocycles. The van der Waals surface area contributed by atoms with Crippen LogP contribution in [0.25, 0.3) is 0 Å². The van der Waals surface area contributed by atoms with Crippen molar-refractivity contribution in [3.05, 3.63) is 0 Å². The third kappa shape index (κ3) is 3.31. The van der Waals surface area contributed by atoms with E-state index in [1.165, 1.54) is 12.8 Å². The van der Waals surface area contributed by atoms with E-state index in [0.717, 1.165) is 25.9 Å². The van der Waals surface area contributed by atoms with E-state index in [9.17, 15) is 4.79 Å². The summed E-state index contributed by atoms with van der Waals surface area (Å²) in [6.07, 6.45) is 5.51. The molecular weight excluding hydrogens is 240 g/mol. The van der Waals surface area contributed by atoms with Crippen molar-refractivity contribution in [2.24, 2.45) is 17.3 Å². The second-order valence-electron chi connectivity index (χ2n) is 7.18. The second kappa shape index (κ2) is 5.82. The molecule has 2 rings (SSSR count). The molecule has 2 aliphatic rings. The molecule has 0 aromatic heterocycles. The Morgan fingerprint density at radius 3 is 2.37 bits per heavy atom. The standard InChI is InChI=1S/C16H28O3/c1-11(2)10-18-13-9-14(16(13,3)4)19-15(17)12-7-5-6-8-12/h11-14H,5-10H2,1-4H3/t13-,14-/m1/s1. The number of rotatable bonds is 5. The molecule has 3 heteroatoms. The summed E-state index contributed by atoms with van der Waals surface area (Å²) in [6, 6.07) is 0. The zero-order valence-electron chi connectivity index (χ0n) is 12.8. The van der Waals surface area contributed by atoms with Gasteiger partial charge >= 0.3 is 5.97 Å². The van der Waals surface area contributed by atoms with Crippen LogP contribution in [-0.4, -0.2) is 24.8 Å². The van der Waals surface area contributed by atoms with Gasteiger partial charge in [-0.05, 0) is 18.8 Å². The van der Waals surface area contributed by atoms with Gasteiger partial charge in [-0.25, -0.2) is 0 Å². The van der Waals surface area contributed by atoms with Crippen LogP contribution in [0.2, 0.25) is 0 Å². The van der Waals surface area contributed by atoms with Gasteiger partial charge in [-0.2, -0.15) is 0 Å². The summed E-state index contributed by atoms with van der Waals surface area (Å²) in [5, 5.41) is 0. The lowest BCUT2D eigenvalue weighted by atomic mass is 9.66. The van der Waals surface area contributed by atoms with Crippen LogP contribution in [0, 0.1) is 17.3 Å². The van der Waals surface area contributed by atoms with Crippen LogP contribution in [0.5, 0.6) is 0 Å². The molecule has 3 nitrogen and oxygen atoms in total. The Morgan fingerprint density at radius 2 is 1.84 bits per heavy atom. The Balaban J connectivity index is 1.78. The fraction of sp³-hybridized carbons (Fsp3) is 0.938. The number of hydrogen-bond donors (Lipinski definition) is 0. The fourth-order valence-electron chi connectivity index (χ4n) is 3.04. The van der Waals surface area contributed by atoms with Gasteiger partial charge in [0.2, 0.25) is 0 Å². The molecule has 0 radical (unpaired) electrons. The SMILES string of the molecule is CC(C)CO[C@@H]1C[C@@H](OC(=O)C2CCCC2)C1(C)C. The monoisotopic (exact) mass is 268 g/mol. The maximum absolute atomic E-state index is 12.0. The molecule has 2 atom stereocenters. The highest BCUT2D eigenvalue weighted by Crippen LogP contribution is 2.45. The van der Waals surface area contributed by atoms with E-state index in [1.54, 1.807) is 0 Å². The van der Waals surface area contributed by atoms with Gasteiger partial charge < -0.3 is 9.47 Å². The molecule has 0 amide bonds. The summed E-state index contributed by atoms with van der Waals surface area (Å²) in [6.45, 7) is 9.39. The van der Waals surface area contributed by atoms with Crippen LogP contribution in [0.4, 0.5) is 0 Å². The van der Waals surface area contributed by atoms with Crippen LogP contribution in [0.15, 0.2) is 0 Å². The van der Waals surface area contributed by atoms with E-state index in [4.69, 9.17) is 9.47 Å². The molecule has 0 bridgehead atoms. The second-order valence-corrected chi connectivity index (χ2v) is 7.18. The molecule has 19 heavy (non-hydrogen) atoms. The summed E-state index contributed by atoms with van der Waals surface area (Å²) in [5.41, 5.74) is -0.0385. The van der Waals surface area contributed by atoms with Crippen molar-refractivity contribution in [1.82, 2.24) is 0 Å². The molecule has 2 saturated carbocycles. The quantitative estimate of drug-likeness (QED) is 0.715. The third-order valence-corrected chi connectivity index (χ3v) is 4.67. The van der Waals surface area contributed by atoms with Crippen molar-refractivity contribution >= 4 is 5.97 Å². The van der Waals surface area contributed by atoms with Gasteiger partial charge in [-0.1, -0.05) is 40.5 Å². The van der Waals surface area contributed by atoms with Crippen LogP contribution in [0.1, 0.15) is 59.8 Å². The van der Waals surface area contributed by atoms with Crippen molar-refractivity contribution in [2.45, 2.75) is 72.0 Å². The van der Waals surface area contributed by atoms with Crippen molar-refractivity contribution < 1.29 is 14.3 Å². The minimum Gasteiger partial charge on any atom is -0.461 e. The minimum absolute atomic E-state index is 0.0258. The molecule has 0 heterocycles. The van der Waals surface area contributed by atoms with Gasteiger partial charge in [0.05, 0.1) is 12.0 Å². The Kier molecular flexibility index (Phi) is 4.54. The average Bonchev–Trinajstić information content (AvgIpc) is 2.85. The van der Waals surface area contributed by atoms with Gasteiger partial charge in [-0.3, -0.25) is 4.79 Å². The van der Waals surface area contributed by atoms with Gasteiger partial charge in [-0.15, -0.1) is 0 Å². The number of ether oxygens (including phenoxy) is 2. The predicted molar refractivity (Wildman–Crippen MR) is 74.8 cm³/mol. The van der Waals surface area contributed by atoms with Gasteiger partial charge in [0, 0.05) is 18.4 Å². The summed E-state index contributed by atoms with van der Waals surface area (Å²) < 4.78 is 11.6. The molecule has 0 unspecified atom stereocenters. The van der Waals surface area contributed by atoms with E-state index in [0.29, 0.717) is 5.92 Å². The topological polar surface area (TPSA) is 35.5 Å². The minimum atomic E-state index is -0.0385. The summed E-state index contributed by atoms with van der Waals surface area (Å²) in [5.74, 6) is 0.736. The third-order valence-electron chi connectivity index (χ3n) is 4.67. The Bertz CT molecular complexity index is 316. The summed E-state index contributed by atoms with van der Waals surface area (Å²) in [4.78, 5) is 12.0. The van der Waals surface area contributed by atoms with Crippen LogP contribution >= 0.6 is 0 Å². The van der Waals surface area contributed by atoms with Crippen molar-refractivity contribution in [2.75, 3.05) is 6.61 Å². The zero-order chi connectivity index (χ0) is 14.0. The molecule has 110 valence electrons. The van der Waals surface area contributed by atoms with Gasteiger partial charge in [0.25, 0.3) is 0 Å². The van der Waals surface area contributed by atoms with E-state index in [1.807, 2.05) is 0 Å². The molecule has 0 aromatic carbocycles. The molecule has 0 aliphatic heterocycles. The van der Waals surface area contributed by atoms with E-state index in [-0.39, 0.29) is 29.5 Å². The lowest BCUT2D eigenvalue weighted by molar-refractivity contribution is -0.208. The first kappa shape index (κ1) is 14.8. The van der Waals surface area contributed by atoms with Gasteiger partial charge in [0.1, 0.15) is 6.10 Å². The molecule has 0 aromatic rings. The number of esters is 1. The largest absolute Gasteiger partial charge is 0.461 e. The average molecular weight is 268 g/mol. The Labute approximate surface area is 117 Å². The first-order valence-corrected chi connectivity index (χ1v) is 7.73. The highest BCUT2D eigenvalue weighted by molar-refractivity contribution is 5.73. The maximum atomic E-state index is 12.0. The summed E-state index contributed by atoms with van der Waals surface area (Å²) in [7, 11) is 0. The number of carbonyl (C=O) groups excluding carboxylic acids is 1. The van der Waals surface area contributed by atoms with Crippen LogP contribution in [-0.2, 0) is 14.3 Å². The normalized spacial score (nSPS) is 30.4. The smallest absolute Gasteiger partial charge is 0.309 e. The maximum Gasteiger partial charge on any atom is 0.309 e. The Hall–Kier alpha value is -0.570. The lowest BCUT2D eigenvalue weighted by Crippen LogP contribution is -2.56. The van der Waals surface area contributed by atoms with E-state index >= 15 is 0 Å². The molecule has 0 spiro atoms. The van der Waals surface area contributed by atoms with Crippen molar-refractivity contribution in [3.8, 4) is 0 Å². The highest BCUT2D eigenvalue weighted by atomic mass is 16.6. The lowest BCUT2D eigenvalue weighted by Gasteiger charge is -2.50. The summed E-state index contributed by atoms with van der Waals surface area (Å²) >= 11 is 0. The molecule has 2 aliphatic carbocycles. The molecular formula is C16H28O3. The first-order valence-electron chi connectivity index (χ1n) is 7.73. The van der Waals surface area contributed by atoms with Crippen molar-refractivity contribution in [1.29, 1.82) is 0 Å². The zero-order valence-corrected chi connectivity index (χ0v) is 12.8. The number of hydrogen-bond acceptors (Lipinski definition) is 3. The predicted octanol–water partition coefficient (Wildman–Crippen LogP) is 3.56. The van der Waals surface area contributed by atoms with E-state index in [2.05, 4.69) is 27.7 Å². The Morgan fingerprint density at radius 1 is 1.21 bits per heavy atom. The van der Waals surface area contributed by atoms with Crippen LogP contribution < -0.4 is 0 Å². The first-order chi connectivity index (χ1) is 8.91. The highest BCUT2D eigenvalue weighted by Gasteiger charge is 2.52. The number of carbonyl (C=O) groups is 1.